The van der Waals surface area contributed by atoms with E-state index in [1.807, 2.05) is 38.1 Å². The lowest BCUT2D eigenvalue weighted by molar-refractivity contribution is -0.143. The molecule has 1 aromatic rings. The highest BCUT2D eigenvalue weighted by Gasteiger charge is 2.33. The number of ether oxygens (including phenoxy) is 1. The Morgan fingerprint density at radius 2 is 2.09 bits per heavy atom. The van der Waals surface area contributed by atoms with Crippen molar-refractivity contribution in [3.63, 3.8) is 0 Å². The summed E-state index contributed by atoms with van der Waals surface area (Å²) in [6.07, 6.45) is 0.104. The second-order valence-electron chi connectivity index (χ2n) is 6.09. The maximum absolute atomic E-state index is 12.2. The highest BCUT2D eigenvalue weighted by atomic mass is 16.5. The van der Waals surface area contributed by atoms with Gasteiger partial charge in [-0.3, -0.25) is 4.79 Å². The van der Waals surface area contributed by atoms with Gasteiger partial charge in [-0.25, -0.2) is 0 Å². The summed E-state index contributed by atoms with van der Waals surface area (Å²) < 4.78 is 5.52. The van der Waals surface area contributed by atoms with E-state index in [4.69, 9.17) is 10.00 Å². The predicted octanol–water partition coefficient (Wildman–Crippen LogP) is 1.89. The number of para-hydroxylation sites is 1. The maximum Gasteiger partial charge on any atom is 0.254 e. The van der Waals surface area contributed by atoms with Gasteiger partial charge in [0.15, 0.2) is 6.10 Å². The zero-order valence-corrected chi connectivity index (χ0v) is 13.1. The van der Waals surface area contributed by atoms with Gasteiger partial charge in [-0.1, -0.05) is 18.2 Å². The summed E-state index contributed by atoms with van der Waals surface area (Å²) in [5.41, 5.74) is 0.601. The van der Waals surface area contributed by atoms with Gasteiger partial charge in [-0.2, -0.15) is 5.26 Å². The summed E-state index contributed by atoms with van der Waals surface area (Å²) in [5.74, 6) is 0.346. The van der Waals surface area contributed by atoms with Crippen LogP contribution in [0.25, 0.3) is 0 Å². The molecule has 0 bridgehead atoms. The van der Waals surface area contributed by atoms with E-state index >= 15 is 0 Å². The number of aryl methyl sites for hydroxylation is 1. The van der Waals surface area contributed by atoms with Gasteiger partial charge in [0.2, 0.25) is 0 Å². The highest BCUT2D eigenvalue weighted by Crippen LogP contribution is 2.30. The molecule has 1 aliphatic heterocycles. The minimum absolute atomic E-state index is 0.0598. The van der Waals surface area contributed by atoms with E-state index in [9.17, 15) is 9.90 Å². The molecule has 1 saturated heterocycles. The lowest BCUT2D eigenvalue weighted by Gasteiger charge is -2.35. The molecule has 5 nitrogen and oxygen atoms in total. The smallest absolute Gasteiger partial charge is 0.254 e. The largest absolute Gasteiger partial charge is 0.490 e. The molecule has 1 aliphatic rings. The third-order valence-corrected chi connectivity index (χ3v) is 4.22. The summed E-state index contributed by atoms with van der Waals surface area (Å²) >= 11 is 0. The van der Waals surface area contributed by atoms with E-state index in [0.717, 1.165) is 5.56 Å². The van der Waals surface area contributed by atoms with Crippen molar-refractivity contribution in [2.75, 3.05) is 19.7 Å². The number of hydrogen-bond donors (Lipinski definition) is 1. The van der Waals surface area contributed by atoms with Crippen LogP contribution in [0.3, 0.4) is 0 Å². The molecule has 1 N–H and O–H groups in total. The fraction of sp³-hybridized carbons (Fsp3) is 0.529. The van der Waals surface area contributed by atoms with Crippen molar-refractivity contribution >= 4 is 5.91 Å². The Balaban J connectivity index is 1.86. The first kappa shape index (κ1) is 16.3. The summed E-state index contributed by atoms with van der Waals surface area (Å²) in [6.45, 7) is 4.77. The minimum atomic E-state index is -1.17. The molecule has 0 aromatic heterocycles. The van der Waals surface area contributed by atoms with Gasteiger partial charge in [0.25, 0.3) is 5.91 Å². The molecule has 0 spiro atoms. The summed E-state index contributed by atoms with van der Waals surface area (Å²) in [6, 6.07) is 9.78. The molecular formula is C17H22N2O3. The number of aliphatic hydroxyl groups is 1. The first-order chi connectivity index (χ1) is 10.4. The van der Waals surface area contributed by atoms with Crippen LogP contribution < -0.4 is 4.74 Å². The highest BCUT2D eigenvalue weighted by molar-refractivity contribution is 5.81. The quantitative estimate of drug-likeness (QED) is 0.921. The number of carbonyl (C=O) groups excluding carboxylic acids is 1. The molecule has 0 radical (unpaired) electrons. The van der Waals surface area contributed by atoms with Crippen LogP contribution in [0.5, 0.6) is 5.75 Å². The van der Waals surface area contributed by atoms with Crippen LogP contribution in [0.15, 0.2) is 24.3 Å². The zero-order valence-electron chi connectivity index (χ0n) is 13.1. The lowest BCUT2D eigenvalue weighted by atomic mass is 9.82. The minimum Gasteiger partial charge on any atom is -0.490 e. The molecule has 0 saturated carbocycles. The van der Waals surface area contributed by atoms with Crippen LogP contribution in [-0.2, 0) is 4.79 Å². The molecular weight excluding hydrogens is 280 g/mol. The molecule has 0 unspecified atom stereocenters. The van der Waals surface area contributed by atoms with Crippen LogP contribution in [0.1, 0.15) is 25.3 Å². The van der Waals surface area contributed by atoms with E-state index in [2.05, 4.69) is 6.07 Å². The van der Waals surface area contributed by atoms with Crippen LogP contribution >= 0.6 is 0 Å². The van der Waals surface area contributed by atoms with Gasteiger partial charge in [0.1, 0.15) is 12.4 Å². The van der Waals surface area contributed by atoms with Crippen LogP contribution in [0, 0.1) is 23.7 Å². The van der Waals surface area contributed by atoms with Crippen molar-refractivity contribution in [1.82, 2.24) is 4.90 Å². The van der Waals surface area contributed by atoms with E-state index < -0.39 is 6.10 Å². The van der Waals surface area contributed by atoms with Crippen LogP contribution in [-0.4, -0.2) is 41.7 Å². The molecule has 118 valence electrons. The summed E-state index contributed by atoms with van der Waals surface area (Å²) in [4.78, 5) is 13.8. The van der Waals surface area contributed by atoms with Gasteiger partial charge >= 0.3 is 0 Å². The van der Waals surface area contributed by atoms with Crippen LogP contribution in [0.2, 0.25) is 0 Å². The number of amides is 1. The van der Waals surface area contributed by atoms with E-state index in [1.54, 1.807) is 4.90 Å². The number of nitrogens with zero attached hydrogens (tertiary/aromatic N) is 2. The fourth-order valence-corrected chi connectivity index (χ4v) is 2.50. The third-order valence-electron chi connectivity index (χ3n) is 4.22. The second-order valence-corrected chi connectivity index (χ2v) is 6.09. The number of piperidine rings is 1. The van der Waals surface area contributed by atoms with Crippen molar-refractivity contribution in [3.05, 3.63) is 29.8 Å². The van der Waals surface area contributed by atoms with Crippen molar-refractivity contribution in [1.29, 1.82) is 5.26 Å². The molecule has 22 heavy (non-hydrogen) atoms. The van der Waals surface area contributed by atoms with E-state index in [0.29, 0.717) is 31.7 Å². The van der Waals surface area contributed by atoms with E-state index in [-0.39, 0.29) is 17.9 Å². The average Bonchev–Trinajstić information content (AvgIpc) is 2.54. The summed E-state index contributed by atoms with van der Waals surface area (Å²) in [5, 5.41) is 19.1. The predicted molar refractivity (Wildman–Crippen MR) is 82.2 cm³/mol. The summed E-state index contributed by atoms with van der Waals surface area (Å²) in [7, 11) is 0. The second kappa shape index (κ2) is 6.80. The Labute approximate surface area is 131 Å². The number of rotatable bonds is 4. The number of likely N-dealkylation sites (tertiary alicyclic amines) is 1. The molecule has 1 fully saturated rings. The van der Waals surface area contributed by atoms with E-state index in [1.165, 1.54) is 0 Å². The Hall–Kier alpha value is -2.06. The Kier molecular flexibility index (Phi) is 5.04. The fourth-order valence-electron chi connectivity index (χ4n) is 2.50. The number of carbonyl (C=O) groups is 1. The third kappa shape index (κ3) is 3.77. The topological polar surface area (TPSA) is 73.6 Å². The first-order valence-corrected chi connectivity index (χ1v) is 7.52. The number of aliphatic hydroxyl groups excluding tert-OH is 1. The molecule has 1 amide bonds. The Morgan fingerprint density at radius 1 is 1.45 bits per heavy atom. The van der Waals surface area contributed by atoms with Gasteiger partial charge in [-0.05, 0) is 38.3 Å². The molecule has 5 heteroatoms. The Bertz CT molecular complexity index is 572. The van der Waals surface area contributed by atoms with Gasteiger partial charge in [0, 0.05) is 13.1 Å². The van der Waals surface area contributed by atoms with Gasteiger partial charge in [-0.15, -0.1) is 0 Å². The first-order valence-electron chi connectivity index (χ1n) is 7.52. The average molecular weight is 302 g/mol. The molecule has 2 rings (SSSR count). The van der Waals surface area contributed by atoms with Crippen molar-refractivity contribution in [3.8, 4) is 11.8 Å². The molecule has 1 atom stereocenters. The van der Waals surface area contributed by atoms with Gasteiger partial charge in [0.05, 0.1) is 11.5 Å². The zero-order chi connectivity index (χ0) is 16.2. The normalized spacial score (nSPS) is 18.4. The standard InChI is InChI=1S/C17H22N2O3/c1-13-5-3-4-6-15(13)22-11-14(20)16(21)19-9-7-17(2,12-18)8-10-19/h3-6,14,20H,7-11H2,1-2H3/t14-/m1/s1. The van der Waals surface area contributed by atoms with Crippen molar-refractivity contribution in [2.45, 2.75) is 32.8 Å². The molecule has 1 heterocycles. The Morgan fingerprint density at radius 3 is 2.68 bits per heavy atom. The number of benzene rings is 1. The monoisotopic (exact) mass is 302 g/mol. The number of hydrogen-bond acceptors (Lipinski definition) is 4. The SMILES string of the molecule is Cc1ccccc1OC[C@@H](O)C(=O)N1CCC(C)(C#N)CC1. The van der Waals surface area contributed by atoms with Crippen molar-refractivity contribution < 1.29 is 14.6 Å². The maximum atomic E-state index is 12.2. The van der Waals surface area contributed by atoms with Gasteiger partial charge < -0.3 is 14.7 Å². The molecule has 1 aromatic carbocycles. The number of nitriles is 1. The lowest BCUT2D eigenvalue weighted by Crippen LogP contribution is -2.47. The van der Waals surface area contributed by atoms with Crippen molar-refractivity contribution in [2.24, 2.45) is 5.41 Å². The van der Waals surface area contributed by atoms with Crippen LogP contribution in [0.4, 0.5) is 0 Å². The molecule has 0 aliphatic carbocycles.